The maximum absolute atomic E-state index is 3.74. The van der Waals surface area contributed by atoms with E-state index in [0.29, 0.717) is 6.04 Å². The fourth-order valence-corrected chi connectivity index (χ4v) is 3.85. The maximum atomic E-state index is 3.74. The van der Waals surface area contributed by atoms with Crippen LogP contribution in [0.1, 0.15) is 54.4 Å². The number of nitrogens with zero attached hydrogens (tertiary/aromatic N) is 1. The lowest BCUT2D eigenvalue weighted by molar-refractivity contribution is 0.0574. The van der Waals surface area contributed by atoms with Crippen LogP contribution in [0.15, 0.2) is 0 Å². The van der Waals surface area contributed by atoms with Crippen molar-refractivity contribution in [3.05, 3.63) is 0 Å². The quantitative estimate of drug-likeness (QED) is 0.782. The molecule has 0 aromatic carbocycles. The van der Waals surface area contributed by atoms with E-state index in [4.69, 9.17) is 0 Å². The first-order valence-corrected chi connectivity index (χ1v) is 7.96. The van der Waals surface area contributed by atoms with Crippen molar-refractivity contribution in [3.8, 4) is 0 Å². The van der Waals surface area contributed by atoms with Gasteiger partial charge in [-0.15, -0.1) is 0 Å². The number of nitrogens with one attached hydrogen (secondary N) is 1. The molecular formula is C16H34N2. The molecule has 0 amide bonds. The zero-order chi connectivity index (χ0) is 13.7. The van der Waals surface area contributed by atoms with Crippen molar-refractivity contribution in [1.29, 1.82) is 0 Å². The molecule has 4 unspecified atom stereocenters. The van der Waals surface area contributed by atoms with Gasteiger partial charge < -0.3 is 5.32 Å². The summed E-state index contributed by atoms with van der Waals surface area (Å²) >= 11 is 0. The molecular weight excluding hydrogens is 220 g/mol. The van der Waals surface area contributed by atoms with Crippen molar-refractivity contribution in [2.45, 2.75) is 66.5 Å². The van der Waals surface area contributed by atoms with Gasteiger partial charge in [0, 0.05) is 18.6 Å². The average Bonchev–Trinajstić information content (AvgIpc) is 2.26. The molecule has 0 spiro atoms. The van der Waals surface area contributed by atoms with Crippen LogP contribution in [0.3, 0.4) is 0 Å². The van der Waals surface area contributed by atoms with E-state index in [1.165, 1.54) is 25.9 Å². The Kier molecular flexibility index (Phi) is 6.65. The Balaban J connectivity index is 2.77. The summed E-state index contributed by atoms with van der Waals surface area (Å²) in [6.07, 6.45) is 2.73. The maximum Gasteiger partial charge on any atom is 0.0275 e. The fraction of sp³-hybridized carbons (Fsp3) is 1.00. The van der Waals surface area contributed by atoms with Gasteiger partial charge in [-0.2, -0.15) is 0 Å². The van der Waals surface area contributed by atoms with E-state index in [1.807, 2.05) is 0 Å². The van der Waals surface area contributed by atoms with E-state index < -0.39 is 0 Å². The molecule has 108 valence electrons. The van der Waals surface area contributed by atoms with Crippen molar-refractivity contribution in [2.24, 2.45) is 17.8 Å². The van der Waals surface area contributed by atoms with E-state index in [2.05, 4.69) is 51.8 Å². The van der Waals surface area contributed by atoms with Crippen LogP contribution >= 0.6 is 0 Å². The van der Waals surface area contributed by atoms with Gasteiger partial charge in [0.25, 0.3) is 0 Å². The molecule has 0 aliphatic heterocycles. The largest absolute Gasteiger partial charge is 0.313 e. The summed E-state index contributed by atoms with van der Waals surface area (Å²) in [6, 6.07) is 1.42. The van der Waals surface area contributed by atoms with Crippen molar-refractivity contribution in [2.75, 3.05) is 19.6 Å². The highest BCUT2D eigenvalue weighted by Gasteiger charge is 2.36. The fourth-order valence-electron chi connectivity index (χ4n) is 3.85. The lowest BCUT2D eigenvalue weighted by Gasteiger charge is -2.46. The van der Waals surface area contributed by atoms with Gasteiger partial charge in [0.2, 0.25) is 0 Å². The summed E-state index contributed by atoms with van der Waals surface area (Å²) in [7, 11) is 0. The Morgan fingerprint density at radius 3 is 2.33 bits per heavy atom. The monoisotopic (exact) mass is 254 g/mol. The molecule has 18 heavy (non-hydrogen) atoms. The molecule has 0 aromatic rings. The third-order valence-electron chi connectivity index (χ3n) is 4.32. The lowest BCUT2D eigenvalue weighted by Crippen LogP contribution is -2.57. The van der Waals surface area contributed by atoms with E-state index >= 15 is 0 Å². The molecule has 0 aromatic heterocycles. The van der Waals surface area contributed by atoms with Gasteiger partial charge in [0.1, 0.15) is 0 Å². The summed E-state index contributed by atoms with van der Waals surface area (Å²) in [5.41, 5.74) is 0. The van der Waals surface area contributed by atoms with E-state index in [0.717, 1.165) is 30.3 Å². The number of hydrogen-bond acceptors (Lipinski definition) is 2. The third-order valence-corrected chi connectivity index (χ3v) is 4.32. The van der Waals surface area contributed by atoms with Crippen molar-refractivity contribution >= 4 is 0 Å². The van der Waals surface area contributed by atoms with Crippen LogP contribution in [-0.4, -0.2) is 36.6 Å². The summed E-state index contributed by atoms with van der Waals surface area (Å²) < 4.78 is 0. The first-order chi connectivity index (χ1) is 8.49. The molecule has 1 saturated carbocycles. The molecule has 1 aliphatic carbocycles. The Morgan fingerprint density at radius 2 is 1.83 bits per heavy atom. The van der Waals surface area contributed by atoms with Crippen molar-refractivity contribution < 1.29 is 0 Å². The Labute approximate surface area is 115 Å². The topological polar surface area (TPSA) is 15.3 Å². The van der Waals surface area contributed by atoms with E-state index in [9.17, 15) is 0 Å². The predicted octanol–water partition coefficient (Wildman–Crippen LogP) is 3.38. The Hall–Kier alpha value is -0.0800. The van der Waals surface area contributed by atoms with Crippen LogP contribution in [0.25, 0.3) is 0 Å². The van der Waals surface area contributed by atoms with Gasteiger partial charge in [-0.3, -0.25) is 4.90 Å². The van der Waals surface area contributed by atoms with Crippen LogP contribution in [0, 0.1) is 17.8 Å². The molecule has 0 radical (unpaired) electrons. The molecule has 1 fully saturated rings. The molecule has 1 N–H and O–H groups in total. The Morgan fingerprint density at radius 1 is 1.17 bits per heavy atom. The van der Waals surface area contributed by atoms with Gasteiger partial charge in [-0.25, -0.2) is 0 Å². The van der Waals surface area contributed by atoms with Crippen LogP contribution in [-0.2, 0) is 0 Å². The summed E-state index contributed by atoms with van der Waals surface area (Å²) in [5.74, 6) is 2.45. The molecule has 0 bridgehead atoms. The number of likely N-dealkylation sites (N-methyl/N-ethyl adjacent to an activating group) is 2. The minimum absolute atomic E-state index is 0.687. The first kappa shape index (κ1) is 16.0. The van der Waals surface area contributed by atoms with E-state index in [1.54, 1.807) is 0 Å². The van der Waals surface area contributed by atoms with Gasteiger partial charge in [-0.1, -0.05) is 41.5 Å². The average molecular weight is 254 g/mol. The molecule has 2 heteroatoms. The summed E-state index contributed by atoms with van der Waals surface area (Å²) in [6.45, 7) is 17.6. The predicted molar refractivity (Wildman–Crippen MR) is 80.9 cm³/mol. The molecule has 1 rings (SSSR count). The van der Waals surface area contributed by atoms with Gasteiger partial charge >= 0.3 is 0 Å². The minimum atomic E-state index is 0.687. The summed E-state index contributed by atoms with van der Waals surface area (Å²) in [4.78, 5) is 2.72. The van der Waals surface area contributed by atoms with Gasteiger partial charge in [-0.05, 0) is 43.7 Å². The highest BCUT2D eigenvalue weighted by Crippen LogP contribution is 2.32. The Bertz CT molecular complexity index is 223. The van der Waals surface area contributed by atoms with Gasteiger partial charge in [0.05, 0.1) is 0 Å². The molecule has 4 atom stereocenters. The second-order valence-electron chi connectivity index (χ2n) is 6.69. The molecule has 0 saturated heterocycles. The third kappa shape index (κ3) is 4.24. The SMILES string of the molecule is CCNC1CC(C)CC(C)C1N(CC)CC(C)C. The zero-order valence-electron chi connectivity index (χ0n) is 13.4. The molecule has 0 heterocycles. The zero-order valence-corrected chi connectivity index (χ0v) is 13.4. The van der Waals surface area contributed by atoms with Gasteiger partial charge in [0.15, 0.2) is 0 Å². The molecule has 1 aliphatic rings. The number of hydrogen-bond donors (Lipinski definition) is 1. The highest BCUT2D eigenvalue weighted by atomic mass is 15.2. The van der Waals surface area contributed by atoms with Crippen LogP contribution < -0.4 is 5.32 Å². The first-order valence-electron chi connectivity index (χ1n) is 7.96. The lowest BCUT2D eigenvalue weighted by atomic mass is 9.75. The summed E-state index contributed by atoms with van der Waals surface area (Å²) in [5, 5.41) is 3.74. The molecule has 2 nitrogen and oxygen atoms in total. The smallest absolute Gasteiger partial charge is 0.0275 e. The highest BCUT2D eigenvalue weighted by molar-refractivity contribution is 4.93. The second kappa shape index (κ2) is 7.49. The van der Waals surface area contributed by atoms with Crippen LogP contribution in [0.2, 0.25) is 0 Å². The number of rotatable bonds is 6. The second-order valence-corrected chi connectivity index (χ2v) is 6.69. The normalized spacial score (nSPS) is 33.3. The van der Waals surface area contributed by atoms with Crippen molar-refractivity contribution in [1.82, 2.24) is 10.2 Å². The standard InChI is InChI=1S/C16H34N2/c1-7-17-15-10-13(5)9-14(6)16(15)18(8-2)11-12(3)4/h12-17H,7-11H2,1-6H3. The minimum Gasteiger partial charge on any atom is -0.313 e. The van der Waals surface area contributed by atoms with Crippen LogP contribution in [0.4, 0.5) is 0 Å². The van der Waals surface area contributed by atoms with Crippen LogP contribution in [0.5, 0.6) is 0 Å². The van der Waals surface area contributed by atoms with Crippen molar-refractivity contribution in [3.63, 3.8) is 0 Å². The van der Waals surface area contributed by atoms with E-state index in [-0.39, 0.29) is 0 Å².